The lowest BCUT2D eigenvalue weighted by Crippen LogP contribution is -2.47. The first-order chi connectivity index (χ1) is 9.05. The summed E-state index contributed by atoms with van der Waals surface area (Å²) in [6.07, 6.45) is 9.97. The number of anilines is 1. The number of hydrogen-bond donors (Lipinski definition) is 1. The summed E-state index contributed by atoms with van der Waals surface area (Å²) in [5, 5.41) is 0. The predicted molar refractivity (Wildman–Crippen MR) is 76.7 cm³/mol. The average molecular weight is 259 g/mol. The van der Waals surface area contributed by atoms with Crippen LogP contribution < -0.4 is 5.73 Å². The summed E-state index contributed by atoms with van der Waals surface area (Å²) in [6, 6.07) is 0. The Hall–Kier alpha value is -0.990. The molecule has 0 amide bonds. The summed E-state index contributed by atoms with van der Waals surface area (Å²) >= 11 is 0. The monoisotopic (exact) mass is 259 g/mol. The Morgan fingerprint density at radius 1 is 1.16 bits per heavy atom. The number of nitrogens with two attached hydrogens (primary N) is 1. The van der Waals surface area contributed by atoms with Gasteiger partial charge < -0.3 is 10.3 Å². The molecule has 3 nitrogen and oxygen atoms in total. The molecule has 0 spiro atoms. The SMILES string of the molecule is Cc1nc(CC23CC4CC(CC(C4)C2)C3)c(N)n1C. The van der Waals surface area contributed by atoms with E-state index >= 15 is 0 Å². The molecule has 0 saturated heterocycles. The zero-order chi connectivity index (χ0) is 13.2. The molecule has 1 aromatic rings. The van der Waals surface area contributed by atoms with Gasteiger partial charge in [-0.1, -0.05) is 0 Å². The minimum Gasteiger partial charge on any atom is -0.384 e. The van der Waals surface area contributed by atoms with Gasteiger partial charge in [0.2, 0.25) is 0 Å². The molecule has 0 radical (unpaired) electrons. The lowest BCUT2D eigenvalue weighted by atomic mass is 9.48. The minimum atomic E-state index is 0.545. The Morgan fingerprint density at radius 3 is 2.11 bits per heavy atom. The highest BCUT2D eigenvalue weighted by molar-refractivity contribution is 5.38. The molecule has 4 saturated carbocycles. The second-order valence-corrected chi connectivity index (χ2v) is 7.64. The highest BCUT2D eigenvalue weighted by Crippen LogP contribution is 2.61. The van der Waals surface area contributed by atoms with Crippen molar-refractivity contribution in [1.29, 1.82) is 0 Å². The van der Waals surface area contributed by atoms with E-state index in [4.69, 9.17) is 10.7 Å². The summed E-state index contributed by atoms with van der Waals surface area (Å²) in [5.74, 6) is 4.98. The Morgan fingerprint density at radius 2 is 1.68 bits per heavy atom. The smallest absolute Gasteiger partial charge is 0.126 e. The molecule has 4 bridgehead atoms. The van der Waals surface area contributed by atoms with Crippen LogP contribution in [0.1, 0.15) is 50.0 Å². The van der Waals surface area contributed by atoms with E-state index in [2.05, 4.69) is 6.92 Å². The molecule has 0 unspecified atom stereocenters. The molecular formula is C16H25N3. The van der Waals surface area contributed by atoms with Crippen molar-refractivity contribution in [3.8, 4) is 0 Å². The maximum atomic E-state index is 6.23. The predicted octanol–water partition coefficient (Wildman–Crippen LogP) is 3.07. The van der Waals surface area contributed by atoms with E-state index in [1.54, 1.807) is 0 Å². The van der Waals surface area contributed by atoms with Crippen molar-refractivity contribution < 1.29 is 0 Å². The van der Waals surface area contributed by atoms with Gasteiger partial charge in [0.1, 0.15) is 11.6 Å². The highest BCUT2D eigenvalue weighted by Gasteiger charge is 2.51. The molecule has 104 valence electrons. The quantitative estimate of drug-likeness (QED) is 0.887. The standard InChI is InChI=1S/C16H25N3/c1-10-18-14(15(17)19(10)2)9-16-6-11-3-12(7-16)5-13(4-11)8-16/h11-13H,3-9,17H2,1-2H3. The summed E-state index contributed by atoms with van der Waals surface area (Å²) in [4.78, 5) is 4.72. The number of aromatic nitrogens is 2. The molecule has 19 heavy (non-hydrogen) atoms. The second-order valence-electron chi connectivity index (χ2n) is 7.64. The van der Waals surface area contributed by atoms with Gasteiger partial charge in [-0.2, -0.15) is 0 Å². The van der Waals surface area contributed by atoms with Crippen LogP contribution in [0.15, 0.2) is 0 Å². The topological polar surface area (TPSA) is 43.8 Å². The van der Waals surface area contributed by atoms with Crippen molar-refractivity contribution in [2.75, 3.05) is 5.73 Å². The normalized spacial score (nSPS) is 40.0. The van der Waals surface area contributed by atoms with Gasteiger partial charge >= 0.3 is 0 Å². The van der Waals surface area contributed by atoms with Crippen molar-refractivity contribution in [2.24, 2.45) is 30.2 Å². The zero-order valence-electron chi connectivity index (χ0n) is 12.2. The summed E-state index contributed by atoms with van der Waals surface area (Å²) in [5.41, 5.74) is 7.95. The van der Waals surface area contributed by atoms with Crippen LogP contribution in [-0.4, -0.2) is 9.55 Å². The van der Waals surface area contributed by atoms with Crippen molar-refractivity contribution >= 4 is 5.82 Å². The van der Waals surface area contributed by atoms with Gasteiger partial charge in [0.15, 0.2) is 0 Å². The Kier molecular flexibility index (Phi) is 2.34. The summed E-state index contributed by atoms with van der Waals surface area (Å²) < 4.78 is 2.04. The zero-order valence-corrected chi connectivity index (χ0v) is 12.2. The molecule has 2 N–H and O–H groups in total. The Bertz CT molecular complexity index is 479. The van der Waals surface area contributed by atoms with E-state index in [1.165, 1.54) is 44.2 Å². The van der Waals surface area contributed by atoms with Crippen LogP contribution in [0.4, 0.5) is 5.82 Å². The van der Waals surface area contributed by atoms with Crippen LogP contribution in [-0.2, 0) is 13.5 Å². The molecule has 0 aliphatic heterocycles. The molecule has 5 rings (SSSR count). The fourth-order valence-corrected chi connectivity index (χ4v) is 5.69. The fourth-order valence-electron chi connectivity index (χ4n) is 5.69. The average Bonchev–Trinajstić information content (AvgIpc) is 2.54. The van der Waals surface area contributed by atoms with Crippen LogP contribution in [0, 0.1) is 30.1 Å². The number of imidazole rings is 1. The third-order valence-corrected chi connectivity index (χ3v) is 6.15. The molecule has 4 aliphatic rings. The van der Waals surface area contributed by atoms with Gasteiger partial charge in [0.25, 0.3) is 0 Å². The van der Waals surface area contributed by atoms with Crippen LogP contribution in [0.3, 0.4) is 0 Å². The molecule has 0 aromatic carbocycles. The van der Waals surface area contributed by atoms with Gasteiger partial charge in [-0.25, -0.2) is 4.98 Å². The molecule has 1 aromatic heterocycles. The third-order valence-electron chi connectivity index (χ3n) is 6.15. The second kappa shape index (κ2) is 3.77. The lowest BCUT2D eigenvalue weighted by Gasteiger charge is -2.56. The van der Waals surface area contributed by atoms with E-state index in [1.807, 2.05) is 11.6 Å². The van der Waals surface area contributed by atoms with Crippen molar-refractivity contribution in [2.45, 2.75) is 51.9 Å². The molecule has 1 heterocycles. The van der Waals surface area contributed by atoms with Gasteiger partial charge in [-0.05, 0) is 75.0 Å². The first-order valence-electron chi connectivity index (χ1n) is 7.82. The molecule has 4 fully saturated rings. The molecule has 0 atom stereocenters. The maximum Gasteiger partial charge on any atom is 0.126 e. The number of aryl methyl sites for hydroxylation is 1. The summed E-state index contributed by atoms with van der Waals surface area (Å²) in [7, 11) is 2.03. The number of nitrogens with zero attached hydrogens (tertiary/aromatic N) is 2. The molecular weight excluding hydrogens is 234 g/mol. The summed E-state index contributed by atoms with van der Waals surface area (Å²) in [6.45, 7) is 2.06. The van der Waals surface area contributed by atoms with Gasteiger partial charge in [-0.15, -0.1) is 0 Å². The molecule has 4 aliphatic carbocycles. The van der Waals surface area contributed by atoms with E-state index in [-0.39, 0.29) is 0 Å². The van der Waals surface area contributed by atoms with E-state index in [0.717, 1.165) is 35.8 Å². The van der Waals surface area contributed by atoms with E-state index in [9.17, 15) is 0 Å². The van der Waals surface area contributed by atoms with E-state index in [0.29, 0.717) is 5.41 Å². The lowest BCUT2D eigenvalue weighted by molar-refractivity contribution is -0.0525. The van der Waals surface area contributed by atoms with Gasteiger partial charge in [0.05, 0.1) is 5.69 Å². The Labute approximate surface area is 115 Å². The van der Waals surface area contributed by atoms with Gasteiger partial charge in [0, 0.05) is 7.05 Å². The number of hydrogen-bond acceptors (Lipinski definition) is 2. The first-order valence-corrected chi connectivity index (χ1v) is 7.82. The van der Waals surface area contributed by atoms with Crippen molar-refractivity contribution in [3.05, 3.63) is 11.5 Å². The number of rotatable bonds is 2. The fraction of sp³-hybridized carbons (Fsp3) is 0.812. The van der Waals surface area contributed by atoms with Crippen LogP contribution in [0.5, 0.6) is 0 Å². The van der Waals surface area contributed by atoms with E-state index < -0.39 is 0 Å². The number of nitrogen functional groups attached to an aromatic ring is 1. The van der Waals surface area contributed by atoms with Gasteiger partial charge in [-0.3, -0.25) is 0 Å². The molecule has 3 heteroatoms. The van der Waals surface area contributed by atoms with Crippen LogP contribution in [0.2, 0.25) is 0 Å². The Balaban J connectivity index is 1.64. The highest BCUT2D eigenvalue weighted by atomic mass is 15.1. The van der Waals surface area contributed by atoms with Crippen molar-refractivity contribution in [1.82, 2.24) is 9.55 Å². The van der Waals surface area contributed by atoms with Crippen LogP contribution in [0.25, 0.3) is 0 Å². The van der Waals surface area contributed by atoms with Crippen LogP contribution >= 0.6 is 0 Å². The van der Waals surface area contributed by atoms with Crippen molar-refractivity contribution in [3.63, 3.8) is 0 Å². The minimum absolute atomic E-state index is 0.545. The maximum absolute atomic E-state index is 6.23. The third kappa shape index (κ3) is 1.73. The largest absolute Gasteiger partial charge is 0.384 e. The first kappa shape index (κ1) is 11.8.